The van der Waals surface area contributed by atoms with Crippen molar-refractivity contribution in [1.29, 1.82) is 0 Å². The molecule has 0 aliphatic carbocycles. The maximum Gasteiger partial charge on any atom is 0.408 e. The van der Waals surface area contributed by atoms with Gasteiger partial charge in [0, 0.05) is 0 Å². The summed E-state index contributed by atoms with van der Waals surface area (Å²) in [6.45, 7) is 7.72. The lowest BCUT2D eigenvalue weighted by molar-refractivity contribution is 0.143. The summed E-state index contributed by atoms with van der Waals surface area (Å²) in [7, 11) is 0. The third-order valence-corrected chi connectivity index (χ3v) is 1.93. The minimum atomic E-state index is -0.336. The highest BCUT2D eigenvalue weighted by Gasteiger charge is 2.31. The Morgan fingerprint density at radius 1 is 1.82 bits per heavy atom. The molecule has 1 N–H and O–H groups in total. The summed E-state index contributed by atoms with van der Waals surface area (Å²) in [4.78, 5) is 10.7. The number of nitrogens with one attached hydrogen (secondary N) is 1. The van der Waals surface area contributed by atoms with E-state index in [2.05, 4.69) is 11.9 Å². The zero-order valence-corrected chi connectivity index (χ0v) is 6.89. The van der Waals surface area contributed by atoms with Gasteiger partial charge in [0.1, 0.15) is 6.10 Å². The normalized spacial score (nSPS) is 29.5. The highest BCUT2D eigenvalue weighted by Crippen LogP contribution is 2.16. The standard InChI is InChI=1S/C8H13NO2/c1-4-5(2)7-6(3)11-8(10)9-7/h6-7H,2,4H2,1,3H3,(H,9,10)/t6-,7+/m1/s1. The Morgan fingerprint density at radius 2 is 2.45 bits per heavy atom. The van der Waals surface area contributed by atoms with Gasteiger partial charge in [-0.05, 0) is 13.3 Å². The second-order valence-electron chi connectivity index (χ2n) is 2.74. The number of ether oxygens (including phenoxy) is 1. The molecule has 1 heterocycles. The predicted molar refractivity (Wildman–Crippen MR) is 42.3 cm³/mol. The average molecular weight is 155 g/mol. The number of carbonyl (C=O) groups is 1. The molecular formula is C8H13NO2. The molecule has 1 amide bonds. The van der Waals surface area contributed by atoms with Crippen LogP contribution < -0.4 is 5.32 Å². The molecular weight excluding hydrogens is 142 g/mol. The summed E-state index contributed by atoms with van der Waals surface area (Å²) in [5.41, 5.74) is 1.02. The van der Waals surface area contributed by atoms with E-state index in [4.69, 9.17) is 4.74 Å². The first-order valence-corrected chi connectivity index (χ1v) is 3.80. The molecule has 3 nitrogen and oxygen atoms in total. The number of hydrogen-bond donors (Lipinski definition) is 1. The van der Waals surface area contributed by atoms with Gasteiger partial charge in [0.15, 0.2) is 0 Å². The molecule has 1 rings (SSSR count). The van der Waals surface area contributed by atoms with Gasteiger partial charge in [0.2, 0.25) is 0 Å². The molecule has 0 radical (unpaired) electrons. The van der Waals surface area contributed by atoms with Gasteiger partial charge in [-0.3, -0.25) is 0 Å². The minimum absolute atomic E-state index is 0.00694. The Bertz CT molecular complexity index is 189. The van der Waals surface area contributed by atoms with Crippen LogP contribution in [0.1, 0.15) is 20.3 Å². The molecule has 62 valence electrons. The van der Waals surface area contributed by atoms with Crippen LogP contribution in [-0.4, -0.2) is 18.2 Å². The van der Waals surface area contributed by atoms with Crippen LogP contribution >= 0.6 is 0 Å². The molecule has 0 bridgehead atoms. The maximum atomic E-state index is 10.7. The summed E-state index contributed by atoms with van der Waals surface area (Å²) >= 11 is 0. The average Bonchev–Trinajstić information content (AvgIpc) is 2.28. The molecule has 3 heteroatoms. The van der Waals surface area contributed by atoms with Crippen molar-refractivity contribution in [1.82, 2.24) is 5.32 Å². The molecule has 0 saturated carbocycles. The van der Waals surface area contributed by atoms with Crippen molar-refractivity contribution in [2.75, 3.05) is 0 Å². The lowest BCUT2D eigenvalue weighted by Crippen LogP contribution is -2.31. The molecule has 0 unspecified atom stereocenters. The number of hydrogen-bond acceptors (Lipinski definition) is 2. The van der Waals surface area contributed by atoms with Crippen molar-refractivity contribution in [2.45, 2.75) is 32.4 Å². The van der Waals surface area contributed by atoms with E-state index in [-0.39, 0.29) is 18.2 Å². The van der Waals surface area contributed by atoms with E-state index in [9.17, 15) is 4.79 Å². The van der Waals surface area contributed by atoms with Crippen LogP contribution in [-0.2, 0) is 4.74 Å². The molecule has 2 atom stereocenters. The topological polar surface area (TPSA) is 38.3 Å². The van der Waals surface area contributed by atoms with Crippen molar-refractivity contribution in [2.24, 2.45) is 0 Å². The second-order valence-corrected chi connectivity index (χ2v) is 2.74. The Hall–Kier alpha value is -0.990. The Kier molecular flexibility index (Phi) is 2.17. The molecule has 1 aliphatic rings. The van der Waals surface area contributed by atoms with Crippen LogP contribution in [0, 0.1) is 0 Å². The van der Waals surface area contributed by atoms with E-state index >= 15 is 0 Å². The first kappa shape index (κ1) is 8.11. The van der Waals surface area contributed by atoms with Gasteiger partial charge in [-0.25, -0.2) is 4.79 Å². The lowest BCUT2D eigenvalue weighted by atomic mass is 10.0. The summed E-state index contributed by atoms with van der Waals surface area (Å²) in [5.74, 6) is 0. The molecule has 11 heavy (non-hydrogen) atoms. The third-order valence-electron chi connectivity index (χ3n) is 1.93. The largest absolute Gasteiger partial charge is 0.444 e. The summed E-state index contributed by atoms with van der Waals surface area (Å²) in [5, 5.41) is 2.69. The fourth-order valence-corrected chi connectivity index (χ4v) is 1.17. The monoisotopic (exact) mass is 155 g/mol. The number of rotatable bonds is 2. The number of alkyl carbamates (subject to hydrolysis) is 1. The third kappa shape index (κ3) is 1.53. The van der Waals surface area contributed by atoms with Crippen molar-refractivity contribution < 1.29 is 9.53 Å². The maximum absolute atomic E-state index is 10.7. The van der Waals surface area contributed by atoms with Gasteiger partial charge in [-0.2, -0.15) is 0 Å². The van der Waals surface area contributed by atoms with Gasteiger partial charge in [0.05, 0.1) is 6.04 Å². The van der Waals surface area contributed by atoms with Gasteiger partial charge < -0.3 is 10.1 Å². The highest BCUT2D eigenvalue weighted by molar-refractivity contribution is 5.71. The quantitative estimate of drug-likeness (QED) is 0.613. The van der Waals surface area contributed by atoms with Crippen LogP contribution in [0.5, 0.6) is 0 Å². The van der Waals surface area contributed by atoms with Crippen LogP contribution in [0.15, 0.2) is 12.2 Å². The predicted octanol–water partition coefficient (Wildman–Crippen LogP) is 1.45. The van der Waals surface area contributed by atoms with Crippen molar-refractivity contribution in [3.63, 3.8) is 0 Å². The van der Waals surface area contributed by atoms with E-state index < -0.39 is 0 Å². The molecule has 0 aromatic rings. The van der Waals surface area contributed by atoms with E-state index in [0.717, 1.165) is 12.0 Å². The number of amides is 1. The summed E-state index contributed by atoms with van der Waals surface area (Å²) < 4.78 is 4.89. The second kappa shape index (κ2) is 2.95. The SMILES string of the molecule is C=C(CC)[C@@H]1NC(=O)O[C@@H]1C. The molecule has 0 aromatic heterocycles. The van der Waals surface area contributed by atoms with Crippen LogP contribution in [0.25, 0.3) is 0 Å². The van der Waals surface area contributed by atoms with Gasteiger partial charge in [0.25, 0.3) is 0 Å². The Balaban J connectivity index is 2.59. The molecule has 0 spiro atoms. The zero-order valence-electron chi connectivity index (χ0n) is 6.89. The van der Waals surface area contributed by atoms with Crippen LogP contribution in [0.4, 0.5) is 4.79 Å². The molecule has 1 saturated heterocycles. The number of cyclic esters (lactones) is 1. The first-order chi connectivity index (χ1) is 5.15. The first-order valence-electron chi connectivity index (χ1n) is 3.80. The van der Waals surface area contributed by atoms with Crippen LogP contribution in [0.2, 0.25) is 0 Å². The fourth-order valence-electron chi connectivity index (χ4n) is 1.17. The lowest BCUT2D eigenvalue weighted by Gasteiger charge is -2.13. The van der Waals surface area contributed by atoms with Crippen molar-refractivity contribution >= 4 is 6.09 Å². The minimum Gasteiger partial charge on any atom is -0.444 e. The fraction of sp³-hybridized carbons (Fsp3) is 0.625. The molecule has 0 aromatic carbocycles. The van der Waals surface area contributed by atoms with Gasteiger partial charge in [-0.15, -0.1) is 0 Å². The molecule has 1 fully saturated rings. The zero-order chi connectivity index (χ0) is 8.43. The van der Waals surface area contributed by atoms with E-state index in [1.54, 1.807) is 0 Å². The van der Waals surface area contributed by atoms with Crippen molar-refractivity contribution in [3.8, 4) is 0 Å². The highest BCUT2D eigenvalue weighted by atomic mass is 16.6. The summed E-state index contributed by atoms with van der Waals surface area (Å²) in [6, 6.07) is 0.00694. The Morgan fingerprint density at radius 3 is 2.82 bits per heavy atom. The van der Waals surface area contributed by atoms with Gasteiger partial charge >= 0.3 is 6.09 Å². The van der Waals surface area contributed by atoms with Crippen LogP contribution in [0.3, 0.4) is 0 Å². The van der Waals surface area contributed by atoms with Crippen molar-refractivity contribution in [3.05, 3.63) is 12.2 Å². The smallest absolute Gasteiger partial charge is 0.408 e. The van der Waals surface area contributed by atoms with Gasteiger partial charge in [-0.1, -0.05) is 19.1 Å². The van der Waals surface area contributed by atoms with E-state index in [0.29, 0.717) is 0 Å². The molecule has 1 aliphatic heterocycles. The summed E-state index contributed by atoms with van der Waals surface area (Å²) in [6.07, 6.45) is 0.464. The Labute approximate surface area is 66.4 Å². The van der Waals surface area contributed by atoms with E-state index in [1.807, 2.05) is 13.8 Å². The number of carbonyl (C=O) groups excluding carboxylic acids is 1. The van der Waals surface area contributed by atoms with E-state index in [1.165, 1.54) is 0 Å².